The molecule has 110 valence electrons. The second-order valence-corrected chi connectivity index (χ2v) is 4.85. The van der Waals surface area contributed by atoms with Crippen molar-refractivity contribution in [2.45, 2.75) is 13.0 Å². The van der Waals surface area contributed by atoms with E-state index in [9.17, 15) is 24.5 Å². The number of amides is 3. The van der Waals surface area contributed by atoms with Crippen molar-refractivity contribution in [3.63, 3.8) is 0 Å². The molecule has 0 aliphatic carbocycles. The molecule has 0 spiro atoms. The lowest BCUT2D eigenvalue weighted by Crippen LogP contribution is -2.58. The fourth-order valence-electron chi connectivity index (χ4n) is 1.92. The van der Waals surface area contributed by atoms with Crippen molar-refractivity contribution >= 4 is 35.0 Å². The molecule has 1 aromatic rings. The van der Waals surface area contributed by atoms with Crippen molar-refractivity contribution in [2.75, 3.05) is 6.54 Å². The lowest BCUT2D eigenvalue weighted by atomic mass is 10.1. The molecule has 3 amide bonds. The van der Waals surface area contributed by atoms with Gasteiger partial charge in [-0.15, -0.1) is 0 Å². The minimum absolute atomic E-state index is 0.0694. The highest BCUT2D eigenvalue weighted by atomic mass is 35.5. The van der Waals surface area contributed by atoms with Crippen LogP contribution in [-0.2, 0) is 9.59 Å². The van der Waals surface area contributed by atoms with E-state index in [-0.39, 0.29) is 22.8 Å². The lowest BCUT2D eigenvalue weighted by molar-refractivity contribution is -0.384. The zero-order valence-electron chi connectivity index (χ0n) is 10.8. The molecular formula is C12H10ClN3O5. The molecule has 0 aromatic heterocycles. The van der Waals surface area contributed by atoms with E-state index in [1.165, 1.54) is 13.0 Å². The first kappa shape index (κ1) is 14.9. The Morgan fingerprint density at radius 2 is 2.14 bits per heavy atom. The quantitative estimate of drug-likeness (QED) is 0.492. The van der Waals surface area contributed by atoms with Gasteiger partial charge in [-0.05, 0) is 19.1 Å². The van der Waals surface area contributed by atoms with Crippen molar-refractivity contribution in [1.82, 2.24) is 10.2 Å². The van der Waals surface area contributed by atoms with Crippen molar-refractivity contribution in [1.29, 1.82) is 0 Å². The van der Waals surface area contributed by atoms with E-state index in [1.807, 2.05) is 0 Å². The SMILES string of the molecule is CC1C(=O)NC(=O)CN1C(=O)c1ccc([N+](=O)[O-])c(Cl)c1. The Labute approximate surface area is 123 Å². The van der Waals surface area contributed by atoms with Gasteiger partial charge in [0.05, 0.1) is 4.92 Å². The third kappa shape index (κ3) is 2.84. The summed E-state index contributed by atoms with van der Waals surface area (Å²) >= 11 is 5.74. The van der Waals surface area contributed by atoms with E-state index in [0.717, 1.165) is 17.0 Å². The average molecular weight is 312 g/mol. The van der Waals surface area contributed by atoms with Crippen molar-refractivity contribution in [3.05, 3.63) is 38.9 Å². The van der Waals surface area contributed by atoms with Crippen molar-refractivity contribution in [3.8, 4) is 0 Å². The number of carbonyl (C=O) groups excluding carboxylic acids is 3. The summed E-state index contributed by atoms with van der Waals surface area (Å²) < 4.78 is 0. The molecular weight excluding hydrogens is 302 g/mol. The monoisotopic (exact) mass is 311 g/mol. The van der Waals surface area contributed by atoms with Gasteiger partial charge in [-0.25, -0.2) is 0 Å². The molecule has 2 rings (SSSR count). The summed E-state index contributed by atoms with van der Waals surface area (Å²) in [6.07, 6.45) is 0. The highest BCUT2D eigenvalue weighted by Gasteiger charge is 2.34. The van der Waals surface area contributed by atoms with Gasteiger partial charge in [0.25, 0.3) is 11.6 Å². The molecule has 9 heteroatoms. The minimum atomic E-state index is -0.816. The Morgan fingerprint density at radius 3 is 2.71 bits per heavy atom. The molecule has 0 radical (unpaired) electrons. The van der Waals surface area contributed by atoms with Crippen LogP contribution in [0.2, 0.25) is 5.02 Å². The molecule has 21 heavy (non-hydrogen) atoms. The van der Waals surface area contributed by atoms with Crippen LogP contribution in [0.3, 0.4) is 0 Å². The second-order valence-electron chi connectivity index (χ2n) is 4.44. The number of carbonyl (C=O) groups is 3. The highest BCUT2D eigenvalue weighted by molar-refractivity contribution is 6.33. The van der Waals surface area contributed by atoms with Crippen LogP contribution in [0.25, 0.3) is 0 Å². The molecule has 1 unspecified atom stereocenters. The third-order valence-electron chi connectivity index (χ3n) is 3.08. The second kappa shape index (κ2) is 5.49. The van der Waals surface area contributed by atoms with Crippen LogP contribution >= 0.6 is 11.6 Å². The van der Waals surface area contributed by atoms with Crippen molar-refractivity contribution in [2.24, 2.45) is 0 Å². The zero-order chi connectivity index (χ0) is 15.7. The predicted molar refractivity (Wildman–Crippen MR) is 71.8 cm³/mol. The number of nitro benzene ring substituents is 1. The number of benzene rings is 1. The van der Waals surface area contributed by atoms with Gasteiger partial charge in [-0.2, -0.15) is 0 Å². The van der Waals surface area contributed by atoms with Gasteiger partial charge < -0.3 is 4.90 Å². The lowest BCUT2D eigenvalue weighted by Gasteiger charge is -2.31. The first-order valence-corrected chi connectivity index (χ1v) is 6.27. The standard InChI is InChI=1S/C12H10ClN3O5/c1-6-11(18)14-10(17)5-15(6)12(19)7-2-3-9(16(20)21)8(13)4-7/h2-4,6H,5H2,1H3,(H,14,17,18). The number of hydrogen-bond acceptors (Lipinski definition) is 5. The van der Waals surface area contributed by atoms with Gasteiger partial charge in [0.1, 0.15) is 17.6 Å². The summed E-state index contributed by atoms with van der Waals surface area (Å²) in [6.45, 7) is 1.22. The topological polar surface area (TPSA) is 110 Å². The van der Waals surface area contributed by atoms with E-state index in [0.29, 0.717) is 0 Å². The van der Waals surface area contributed by atoms with Crippen LogP contribution < -0.4 is 5.32 Å². The summed E-state index contributed by atoms with van der Waals surface area (Å²) in [6, 6.07) is 2.66. The zero-order valence-corrected chi connectivity index (χ0v) is 11.6. The van der Waals surface area contributed by atoms with Crippen LogP contribution in [0, 0.1) is 10.1 Å². The number of hydrogen-bond donors (Lipinski definition) is 1. The van der Waals surface area contributed by atoms with Crippen LogP contribution in [0.1, 0.15) is 17.3 Å². The van der Waals surface area contributed by atoms with E-state index >= 15 is 0 Å². The van der Waals surface area contributed by atoms with Crippen LogP contribution in [0.4, 0.5) is 5.69 Å². The normalized spacial score (nSPS) is 18.4. The van der Waals surface area contributed by atoms with Gasteiger partial charge in [0.15, 0.2) is 0 Å². The maximum atomic E-state index is 12.3. The average Bonchev–Trinajstić information content (AvgIpc) is 2.41. The molecule has 1 fully saturated rings. The molecule has 1 aliphatic rings. The number of nitrogens with zero attached hydrogens (tertiary/aromatic N) is 2. The summed E-state index contributed by atoms with van der Waals surface area (Å²) in [5.74, 6) is -1.76. The van der Waals surface area contributed by atoms with E-state index in [1.54, 1.807) is 0 Å². The number of imide groups is 1. The number of halogens is 1. The first-order chi connectivity index (χ1) is 9.81. The van der Waals surface area contributed by atoms with Gasteiger partial charge >= 0.3 is 0 Å². The molecule has 1 heterocycles. The summed E-state index contributed by atoms with van der Waals surface area (Å²) in [7, 11) is 0. The summed E-state index contributed by atoms with van der Waals surface area (Å²) in [4.78, 5) is 46.2. The third-order valence-corrected chi connectivity index (χ3v) is 3.38. The molecule has 1 saturated heterocycles. The van der Waals surface area contributed by atoms with Crippen molar-refractivity contribution < 1.29 is 19.3 Å². The fourth-order valence-corrected chi connectivity index (χ4v) is 2.17. The fraction of sp³-hybridized carbons (Fsp3) is 0.250. The van der Waals surface area contributed by atoms with Crippen LogP contribution in [-0.4, -0.2) is 40.1 Å². The summed E-state index contributed by atoms with van der Waals surface area (Å²) in [5.41, 5.74) is -0.256. The van der Waals surface area contributed by atoms with Gasteiger partial charge in [-0.3, -0.25) is 29.8 Å². The van der Waals surface area contributed by atoms with Gasteiger partial charge in [0.2, 0.25) is 11.8 Å². The predicted octanol–water partition coefficient (Wildman–Crippen LogP) is 0.735. The minimum Gasteiger partial charge on any atom is -0.318 e. The highest BCUT2D eigenvalue weighted by Crippen LogP contribution is 2.26. The Balaban J connectivity index is 2.31. The van der Waals surface area contributed by atoms with Gasteiger partial charge in [0, 0.05) is 11.6 Å². The molecule has 1 aromatic carbocycles. The van der Waals surface area contributed by atoms with E-state index < -0.39 is 28.7 Å². The molecule has 0 saturated carbocycles. The number of rotatable bonds is 2. The largest absolute Gasteiger partial charge is 0.318 e. The Morgan fingerprint density at radius 1 is 1.48 bits per heavy atom. The Hall–Kier alpha value is -2.48. The van der Waals surface area contributed by atoms with Crippen LogP contribution in [0.5, 0.6) is 0 Å². The van der Waals surface area contributed by atoms with E-state index in [2.05, 4.69) is 5.32 Å². The molecule has 1 atom stereocenters. The molecule has 0 bridgehead atoms. The molecule has 1 N–H and O–H groups in total. The maximum absolute atomic E-state index is 12.3. The first-order valence-electron chi connectivity index (χ1n) is 5.90. The Kier molecular flexibility index (Phi) is 3.90. The Bertz CT molecular complexity index is 660. The summed E-state index contributed by atoms with van der Waals surface area (Å²) in [5, 5.41) is 12.6. The van der Waals surface area contributed by atoms with E-state index in [4.69, 9.17) is 11.6 Å². The van der Waals surface area contributed by atoms with Gasteiger partial charge in [-0.1, -0.05) is 11.6 Å². The smallest absolute Gasteiger partial charge is 0.287 e. The number of nitro groups is 1. The number of piperazine rings is 1. The molecule has 1 aliphatic heterocycles. The molecule has 8 nitrogen and oxygen atoms in total. The maximum Gasteiger partial charge on any atom is 0.287 e. The number of nitrogens with one attached hydrogen (secondary N) is 1. The van der Waals surface area contributed by atoms with Crippen LogP contribution in [0.15, 0.2) is 18.2 Å².